The van der Waals surface area contributed by atoms with Crippen molar-refractivity contribution in [1.82, 2.24) is 14.8 Å². The van der Waals surface area contributed by atoms with E-state index >= 15 is 0 Å². The Morgan fingerprint density at radius 3 is 2.80 bits per heavy atom. The van der Waals surface area contributed by atoms with Crippen molar-refractivity contribution < 1.29 is 4.74 Å². The van der Waals surface area contributed by atoms with Gasteiger partial charge in [0.2, 0.25) is 0 Å². The molecule has 20 heavy (non-hydrogen) atoms. The molecule has 0 aliphatic carbocycles. The van der Waals surface area contributed by atoms with E-state index < -0.39 is 0 Å². The maximum atomic E-state index is 12.2. The van der Waals surface area contributed by atoms with Crippen LogP contribution in [0.15, 0.2) is 35.3 Å². The van der Waals surface area contributed by atoms with E-state index in [1.54, 1.807) is 23.0 Å². The second kappa shape index (κ2) is 4.68. The largest absolute Gasteiger partial charge is 0.495 e. The van der Waals surface area contributed by atoms with Gasteiger partial charge in [-0.15, -0.1) is 0 Å². The van der Waals surface area contributed by atoms with Crippen LogP contribution in [0.1, 0.15) is 5.69 Å². The number of nitrogens with one attached hydrogen (secondary N) is 1. The summed E-state index contributed by atoms with van der Waals surface area (Å²) in [6.07, 6.45) is 1.78. The topological polar surface area (TPSA) is 59.9 Å². The van der Waals surface area contributed by atoms with Crippen molar-refractivity contribution in [2.45, 2.75) is 6.92 Å². The number of aryl methyl sites for hydroxylation is 1. The van der Waals surface area contributed by atoms with Crippen molar-refractivity contribution >= 4 is 22.5 Å². The van der Waals surface area contributed by atoms with E-state index in [1.165, 1.54) is 13.2 Å². The molecule has 102 valence electrons. The number of halogens is 1. The van der Waals surface area contributed by atoms with Crippen LogP contribution in [0.5, 0.6) is 5.75 Å². The second-order valence-electron chi connectivity index (χ2n) is 4.42. The molecular formula is C14H12ClN3O2. The third-order valence-corrected chi connectivity index (χ3v) is 3.46. The summed E-state index contributed by atoms with van der Waals surface area (Å²) in [5.74, 6) is 1.08. The number of H-pyrrole nitrogens is 1. The monoisotopic (exact) mass is 289 g/mol. The molecule has 0 radical (unpaired) electrons. The average Bonchev–Trinajstić information content (AvgIpc) is 2.86. The van der Waals surface area contributed by atoms with Gasteiger partial charge in [-0.2, -0.15) is 5.10 Å². The lowest BCUT2D eigenvalue weighted by Gasteiger charge is -2.08. The highest BCUT2D eigenvalue weighted by Gasteiger charge is 2.11. The first kappa shape index (κ1) is 12.7. The molecule has 5 nitrogen and oxygen atoms in total. The second-order valence-corrected chi connectivity index (χ2v) is 4.80. The Kier molecular flexibility index (Phi) is 2.99. The number of hydrogen-bond donors (Lipinski definition) is 1. The van der Waals surface area contributed by atoms with Gasteiger partial charge in [-0.05, 0) is 25.1 Å². The summed E-state index contributed by atoms with van der Waals surface area (Å²) < 4.78 is 6.77. The molecule has 0 aliphatic rings. The van der Waals surface area contributed by atoms with Crippen LogP contribution in [0.4, 0.5) is 0 Å². The average molecular weight is 290 g/mol. The molecule has 2 heterocycles. The number of aromatic amines is 1. The molecule has 3 rings (SSSR count). The lowest BCUT2D eigenvalue weighted by atomic mass is 10.2. The number of methoxy groups -OCH3 is 1. The molecule has 1 N–H and O–H groups in total. The normalized spacial score (nSPS) is 10.9. The predicted molar refractivity (Wildman–Crippen MR) is 78.0 cm³/mol. The SMILES string of the molecule is COc1ccc2c(=O)cc(-n3ccc(C)n3)[nH]c2c1Cl. The zero-order chi connectivity index (χ0) is 14.3. The first-order valence-corrected chi connectivity index (χ1v) is 6.40. The molecule has 0 saturated carbocycles. The Morgan fingerprint density at radius 2 is 2.15 bits per heavy atom. The van der Waals surface area contributed by atoms with Crippen LogP contribution in [-0.2, 0) is 0 Å². The fourth-order valence-electron chi connectivity index (χ4n) is 2.08. The van der Waals surface area contributed by atoms with E-state index in [4.69, 9.17) is 16.3 Å². The quantitative estimate of drug-likeness (QED) is 0.789. The molecule has 0 spiro atoms. The Balaban J connectivity index is 2.32. The number of rotatable bonds is 2. The van der Waals surface area contributed by atoms with Crippen molar-refractivity contribution in [3.8, 4) is 11.6 Å². The summed E-state index contributed by atoms with van der Waals surface area (Å²) in [6, 6.07) is 6.72. The fraction of sp³-hybridized carbons (Fsp3) is 0.143. The lowest BCUT2D eigenvalue weighted by molar-refractivity contribution is 0.415. The zero-order valence-electron chi connectivity index (χ0n) is 11.0. The van der Waals surface area contributed by atoms with Gasteiger partial charge in [-0.1, -0.05) is 11.6 Å². The molecule has 0 saturated heterocycles. The molecule has 0 amide bonds. The number of aromatic nitrogens is 3. The number of pyridine rings is 1. The van der Waals surface area contributed by atoms with E-state index in [0.717, 1.165) is 5.69 Å². The maximum Gasteiger partial charge on any atom is 0.191 e. The zero-order valence-corrected chi connectivity index (χ0v) is 11.7. The van der Waals surface area contributed by atoms with Crippen molar-refractivity contribution in [1.29, 1.82) is 0 Å². The van der Waals surface area contributed by atoms with Gasteiger partial charge >= 0.3 is 0 Å². The van der Waals surface area contributed by atoms with Crippen LogP contribution in [0.3, 0.4) is 0 Å². The van der Waals surface area contributed by atoms with Crippen molar-refractivity contribution in [2.24, 2.45) is 0 Å². The molecule has 1 aromatic carbocycles. The molecule has 0 aliphatic heterocycles. The lowest BCUT2D eigenvalue weighted by Crippen LogP contribution is -2.08. The number of hydrogen-bond acceptors (Lipinski definition) is 3. The van der Waals surface area contributed by atoms with Gasteiger partial charge in [0.15, 0.2) is 5.43 Å². The van der Waals surface area contributed by atoms with Crippen LogP contribution < -0.4 is 10.2 Å². The highest BCUT2D eigenvalue weighted by atomic mass is 35.5. The highest BCUT2D eigenvalue weighted by molar-refractivity contribution is 6.36. The molecule has 0 bridgehead atoms. The molecule has 0 unspecified atom stereocenters. The van der Waals surface area contributed by atoms with E-state index in [1.807, 2.05) is 13.0 Å². The van der Waals surface area contributed by atoms with Gasteiger partial charge in [-0.3, -0.25) is 4.79 Å². The summed E-state index contributed by atoms with van der Waals surface area (Å²) in [4.78, 5) is 15.3. The molecule has 3 aromatic rings. The van der Waals surface area contributed by atoms with Crippen LogP contribution in [-0.4, -0.2) is 21.9 Å². The van der Waals surface area contributed by atoms with E-state index in [9.17, 15) is 4.79 Å². The standard InChI is InChI=1S/C14H12ClN3O2/c1-8-5-6-18(17-8)12-7-10(19)9-3-4-11(20-2)13(15)14(9)16-12/h3-7H,1-2H3,(H,16,19). The third kappa shape index (κ3) is 1.96. The molecule has 6 heteroatoms. The molecular weight excluding hydrogens is 278 g/mol. The third-order valence-electron chi connectivity index (χ3n) is 3.08. The van der Waals surface area contributed by atoms with E-state index in [2.05, 4.69) is 10.1 Å². The smallest absolute Gasteiger partial charge is 0.191 e. The summed E-state index contributed by atoms with van der Waals surface area (Å²) in [5.41, 5.74) is 1.29. The van der Waals surface area contributed by atoms with Gasteiger partial charge in [0, 0.05) is 17.6 Å². The molecule has 0 fully saturated rings. The first-order chi connectivity index (χ1) is 9.60. The van der Waals surface area contributed by atoms with Gasteiger partial charge in [-0.25, -0.2) is 4.68 Å². The van der Waals surface area contributed by atoms with Crippen molar-refractivity contribution in [2.75, 3.05) is 7.11 Å². The Morgan fingerprint density at radius 1 is 1.35 bits per heavy atom. The number of fused-ring (bicyclic) bond motifs is 1. The highest BCUT2D eigenvalue weighted by Crippen LogP contribution is 2.30. The van der Waals surface area contributed by atoms with Gasteiger partial charge in [0.1, 0.15) is 16.6 Å². The summed E-state index contributed by atoms with van der Waals surface area (Å²) >= 11 is 6.25. The maximum absolute atomic E-state index is 12.2. The minimum absolute atomic E-state index is 0.119. The van der Waals surface area contributed by atoms with Gasteiger partial charge in [0.05, 0.1) is 18.3 Å². The predicted octanol–water partition coefficient (Wildman–Crippen LogP) is 2.68. The molecule has 2 aromatic heterocycles. The number of ether oxygens (including phenoxy) is 1. The Hall–Kier alpha value is -2.27. The van der Waals surface area contributed by atoms with E-state index in [-0.39, 0.29) is 5.43 Å². The summed E-state index contributed by atoms with van der Waals surface area (Å²) in [7, 11) is 1.53. The van der Waals surface area contributed by atoms with Crippen LogP contribution in [0.25, 0.3) is 16.7 Å². The summed E-state index contributed by atoms with van der Waals surface area (Å²) in [6.45, 7) is 1.88. The summed E-state index contributed by atoms with van der Waals surface area (Å²) in [5, 5.41) is 5.17. The number of benzene rings is 1. The molecule has 0 atom stereocenters. The fourth-order valence-corrected chi connectivity index (χ4v) is 2.37. The first-order valence-electron chi connectivity index (χ1n) is 6.02. The minimum atomic E-state index is -0.119. The van der Waals surface area contributed by atoms with Gasteiger partial charge < -0.3 is 9.72 Å². The minimum Gasteiger partial charge on any atom is -0.495 e. The van der Waals surface area contributed by atoms with Crippen molar-refractivity contribution in [3.05, 3.63) is 51.4 Å². The number of nitrogens with zero attached hydrogens (tertiary/aromatic N) is 2. The van der Waals surface area contributed by atoms with Crippen LogP contribution in [0.2, 0.25) is 5.02 Å². The Bertz CT molecular complexity index is 851. The van der Waals surface area contributed by atoms with Gasteiger partial charge in [0.25, 0.3) is 0 Å². The Labute approximate surface area is 119 Å². The van der Waals surface area contributed by atoms with Crippen LogP contribution in [0, 0.1) is 6.92 Å². The van der Waals surface area contributed by atoms with E-state index in [0.29, 0.717) is 27.5 Å². The van der Waals surface area contributed by atoms with Crippen LogP contribution >= 0.6 is 11.6 Å². The van der Waals surface area contributed by atoms with Crippen molar-refractivity contribution in [3.63, 3.8) is 0 Å².